The van der Waals surface area contributed by atoms with E-state index in [2.05, 4.69) is 11.9 Å². The molecular weight excluding hydrogens is 264 g/mol. The van der Waals surface area contributed by atoms with E-state index < -0.39 is 0 Å². The van der Waals surface area contributed by atoms with Gasteiger partial charge in [0.15, 0.2) is 0 Å². The molecule has 1 rings (SSSR count). The molecule has 0 aromatic heterocycles. The standard InChI is InChI=1S/C14H19ClN2O2/c1-2-7-17(8-9-18)11-14(19)16-10-12-5-3-4-6-13(12)15/h2-6,18H,1,7-11H2,(H,16,19). The summed E-state index contributed by atoms with van der Waals surface area (Å²) in [7, 11) is 0. The molecule has 2 N–H and O–H groups in total. The predicted molar refractivity (Wildman–Crippen MR) is 77.0 cm³/mol. The molecule has 104 valence electrons. The first-order valence-corrected chi connectivity index (χ1v) is 6.49. The topological polar surface area (TPSA) is 52.6 Å². The minimum atomic E-state index is -0.102. The molecule has 0 saturated carbocycles. The second-order valence-electron chi connectivity index (χ2n) is 4.12. The van der Waals surface area contributed by atoms with Gasteiger partial charge < -0.3 is 10.4 Å². The lowest BCUT2D eigenvalue weighted by Gasteiger charge is -2.18. The molecule has 1 amide bonds. The number of benzene rings is 1. The smallest absolute Gasteiger partial charge is 0.234 e. The van der Waals surface area contributed by atoms with Gasteiger partial charge in [-0.3, -0.25) is 9.69 Å². The Morgan fingerprint density at radius 2 is 2.21 bits per heavy atom. The average Bonchev–Trinajstić information content (AvgIpc) is 2.38. The third-order valence-corrected chi connectivity index (χ3v) is 2.97. The van der Waals surface area contributed by atoms with Crippen molar-refractivity contribution in [2.24, 2.45) is 0 Å². The number of carbonyl (C=O) groups is 1. The Morgan fingerprint density at radius 1 is 1.47 bits per heavy atom. The molecule has 0 aliphatic heterocycles. The highest BCUT2D eigenvalue weighted by molar-refractivity contribution is 6.31. The van der Waals surface area contributed by atoms with Crippen LogP contribution in [0.5, 0.6) is 0 Å². The lowest BCUT2D eigenvalue weighted by molar-refractivity contribution is -0.122. The fourth-order valence-corrected chi connectivity index (χ4v) is 1.86. The summed E-state index contributed by atoms with van der Waals surface area (Å²) < 4.78 is 0. The zero-order valence-electron chi connectivity index (χ0n) is 10.8. The first-order chi connectivity index (χ1) is 9.17. The van der Waals surface area contributed by atoms with Gasteiger partial charge in [-0.1, -0.05) is 35.9 Å². The number of amides is 1. The minimum absolute atomic E-state index is 0.0195. The molecule has 0 spiro atoms. The lowest BCUT2D eigenvalue weighted by Crippen LogP contribution is -2.38. The molecule has 1 aromatic rings. The van der Waals surface area contributed by atoms with Crippen molar-refractivity contribution < 1.29 is 9.90 Å². The number of aliphatic hydroxyl groups is 1. The number of rotatable bonds is 8. The van der Waals surface area contributed by atoms with Crippen LogP contribution in [0, 0.1) is 0 Å². The van der Waals surface area contributed by atoms with E-state index in [-0.39, 0.29) is 19.1 Å². The van der Waals surface area contributed by atoms with E-state index in [1.807, 2.05) is 23.1 Å². The second-order valence-corrected chi connectivity index (χ2v) is 4.52. The number of nitrogens with one attached hydrogen (secondary N) is 1. The van der Waals surface area contributed by atoms with Crippen LogP contribution in [0.3, 0.4) is 0 Å². The van der Waals surface area contributed by atoms with E-state index in [0.717, 1.165) is 5.56 Å². The third-order valence-electron chi connectivity index (χ3n) is 2.60. The van der Waals surface area contributed by atoms with Crippen LogP contribution in [0.1, 0.15) is 5.56 Å². The van der Waals surface area contributed by atoms with Crippen molar-refractivity contribution in [3.05, 3.63) is 47.5 Å². The molecule has 0 fully saturated rings. The first-order valence-electron chi connectivity index (χ1n) is 6.11. The minimum Gasteiger partial charge on any atom is -0.395 e. The summed E-state index contributed by atoms with van der Waals surface area (Å²) in [5, 5.41) is 12.3. The molecule has 0 radical (unpaired) electrons. The Morgan fingerprint density at radius 3 is 2.84 bits per heavy atom. The highest BCUT2D eigenvalue weighted by Gasteiger charge is 2.09. The molecule has 0 heterocycles. The number of halogens is 1. The maximum atomic E-state index is 11.8. The number of carbonyl (C=O) groups excluding carboxylic acids is 1. The summed E-state index contributed by atoms with van der Waals surface area (Å²) in [6.07, 6.45) is 1.71. The molecule has 1 aromatic carbocycles. The van der Waals surface area contributed by atoms with E-state index in [4.69, 9.17) is 16.7 Å². The zero-order chi connectivity index (χ0) is 14.1. The number of aliphatic hydroxyl groups excluding tert-OH is 1. The van der Waals surface area contributed by atoms with Gasteiger partial charge >= 0.3 is 0 Å². The van der Waals surface area contributed by atoms with Gasteiger partial charge in [0.1, 0.15) is 0 Å². The van der Waals surface area contributed by atoms with Gasteiger partial charge in [0, 0.05) is 24.7 Å². The summed E-state index contributed by atoms with van der Waals surface area (Å²) in [6, 6.07) is 7.39. The summed E-state index contributed by atoms with van der Waals surface area (Å²) in [5.41, 5.74) is 0.884. The van der Waals surface area contributed by atoms with Crippen molar-refractivity contribution in [3.8, 4) is 0 Å². The molecule has 0 aliphatic carbocycles. The summed E-state index contributed by atoms with van der Waals surface area (Å²) >= 11 is 6.00. The van der Waals surface area contributed by atoms with Gasteiger partial charge in [-0.05, 0) is 11.6 Å². The fraction of sp³-hybridized carbons (Fsp3) is 0.357. The maximum Gasteiger partial charge on any atom is 0.234 e. The molecule has 0 saturated heterocycles. The zero-order valence-corrected chi connectivity index (χ0v) is 11.6. The van der Waals surface area contributed by atoms with Crippen LogP contribution >= 0.6 is 11.6 Å². The Hall–Kier alpha value is -1.36. The average molecular weight is 283 g/mol. The van der Waals surface area contributed by atoms with Gasteiger partial charge in [-0.2, -0.15) is 0 Å². The Balaban J connectivity index is 2.42. The molecule has 0 unspecified atom stereocenters. The van der Waals surface area contributed by atoms with Crippen molar-refractivity contribution in [2.45, 2.75) is 6.54 Å². The van der Waals surface area contributed by atoms with E-state index in [9.17, 15) is 4.79 Å². The van der Waals surface area contributed by atoms with Crippen LogP contribution < -0.4 is 5.32 Å². The molecular formula is C14H19ClN2O2. The van der Waals surface area contributed by atoms with E-state index in [1.54, 1.807) is 12.1 Å². The van der Waals surface area contributed by atoms with Crippen LogP contribution in [0.25, 0.3) is 0 Å². The van der Waals surface area contributed by atoms with Crippen LogP contribution in [0.15, 0.2) is 36.9 Å². The molecule has 0 atom stereocenters. The van der Waals surface area contributed by atoms with Gasteiger partial charge in [0.05, 0.1) is 13.2 Å². The van der Waals surface area contributed by atoms with Gasteiger partial charge in [0.2, 0.25) is 5.91 Å². The Labute approximate surface area is 118 Å². The van der Waals surface area contributed by atoms with Crippen LogP contribution in [-0.2, 0) is 11.3 Å². The van der Waals surface area contributed by atoms with Crippen molar-refractivity contribution in [1.82, 2.24) is 10.2 Å². The monoisotopic (exact) mass is 282 g/mol. The maximum absolute atomic E-state index is 11.8. The van der Waals surface area contributed by atoms with E-state index in [1.165, 1.54) is 0 Å². The molecule has 5 heteroatoms. The van der Waals surface area contributed by atoms with Crippen LogP contribution in [0.2, 0.25) is 5.02 Å². The normalized spacial score (nSPS) is 10.5. The quantitative estimate of drug-likeness (QED) is 0.710. The molecule has 0 bridgehead atoms. The number of hydrogen-bond donors (Lipinski definition) is 2. The van der Waals surface area contributed by atoms with Gasteiger partial charge in [0.25, 0.3) is 0 Å². The third kappa shape index (κ3) is 5.87. The van der Waals surface area contributed by atoms with Crippen molar-refractivity contribution in [1.29, 1.82) is 0 Å². The first kappa shape index (κ1) is 15.7. The van der Waals surface area contributed by atoms with Crippen molar-refractivity contribution in [3.63, 3.8) is 0 Å². The largest absolute Gasteiger partial charge is 0.395 e. The van der Waals surface area contributed by atoms with E-state index >= 15 is 0 Å². The van der Waals surface area contributed by atoms with Crippen LogP contribution in [0.4, 0.5) is 0 Å². The van der Waals surface area contributed by atoms with Gasteiger partial charge in [-0.25, -0.2) is 0 Å². The summed E-state index contributed by atoms with van der Waals surface area (Å²) in [4.78, 5) is 13.6. The second kappa shape index (κ2) is 8.69. The molecule has 0 aliphatic rings. The predicted octanol–water partition coefficient (Wildman–Crippen LogP) is 1.44. The number of nitrogens with zero attached hydrogens (tertiary/aromatic N) is 1. The highest BCUT2D eigenvalue weighted by Crippen LogP contribution is 2.14. The molecule has 19 heavy (non-hydrogen) atoms. The summed E-state index contributed by atoms with van der Waals surface area (Å²) in [6.45, 7) is 5.30. The van der Waals surface area contributed by atoms with E-state index in [0.29, 0.717) is 24.7 Å². The summed E-state index contributed by atoms with van der Waals surface area (Å²) in [5.74, 6) is -0.102. The lowest BCUT2D eigenvalue weighted by atomic mass is 10.2. The fourth-order valence-electron chi connectivity index (χ4n) is 1.65. The highest BCUT2D eigenvalue weighted by atomic mass is 35.5. The Kier molecular flexibility index (Phi) is 7.18. The van der Waals surface area contributed by atoms with Crippen molar-refractivity contribution in [2.75, 3.05) is 26.2 Å². The van der Waals surface area contributed by atoms with Gasteiger partial charge in [-0.15, -0.1) is 6.58 Å². The Bertz CT molecular complexity index is 424. The SMILES string of the molecule is C=CCN(CCO)CC(=O)NCc1ccccc1Cl. The van der Waals surface area contributed by atoms with Crippen molar-refractivity contribution >= 4 is 17.5 Å². The molecule has 4 nitrogen and oxygen atoms in total. The van der Waals surface area contributed by atoms with Crippen LogP contribution in [-0.4, -0.2) is 42.2 Å². The number of hydrogen-bond acceptors (Lipinski definition) is 3.